The first-order valence-electron chi connectivity index (χ1n) is 7.48. The average molecular weight is 384 g/mol. The monoisotopic (exact) mass is 384 g/mol. The Bertz CT molecular complexity index is 762. The Labute approximate surface area is 151 Å². The summed E-state index contributed by atoms with van der Waals surface area (Å²) in [4.78, 5) is 23.9. The van der Waals surface area contributed by atoms with E-state index in [1.54, 1.807) is 12.1 Å². The first-order chi connectivity index (χ1) is 12.3. The van der Waals surface area contributed by atoms with Crippen molar-refractivity contribution in [2.75, 3.05) is 6.61 Å². The molecular weight excluding hydrogens is 369 g/mol. The number of hydrogen-bond donors (Lipinski definition) is 2. The molecule has 2 N–H and O–H groups in total. The van der Waals surface area contributed by atoms with Crippen LogP contribution in [0.3, 0.4) is 0 Å². The number of hydrazine groups is 1. The molecule has 0 aliphatic rings. The van der Waals surface area contributed by atoms with E-state index in [9.17, 15) is 22.8 Å². The van der Waals surface area contributed by atoms with Crippen molar-refractivity contribution < 1.29 is 27.5 Å². The fourth-order valence-corrected chi connectivity index (χ4v) is 2.47. The molecule has 0 atom stereocenters. The molecule has 9 heteroatoms. The SMILES string of the molecule is CCOc1ccc(C(=O)NNC(=O)c2ccc(SC(F)(F)F)cc2)cc1. The number of rotatable bonds is 5. The number of nitrogens with one attached hydrogen (secondary N) is 2. The maximum absolute atomic E-state index is 12.3. The third-order valence-corrected chi connectivity index (χ3v) is 3.81. The Balaban J connectivity index is 1.90. The lowest BCUT2D eigenvalue weighted by Gasteiger charge is -2.09. The molecule has 0 fully saturated rings. The molecule has 0 heterocycles. The smallest absolute Gasteiger partial charge is 0.446 e. The number of amides is 2. The van der Waals surface area contributed by atoms with Crippen LogP contribution in [-0.2, 0) is 0 Å². The van der Waals surface area contributed by atoms with Crippen molar-refractivity contribution in [2.24, 2.45) is 0 Å². The summed E-state index contributed by atoms with van der Waals surface area (Å²) in [7, 11) is 0. The molecule has 0 aromatic heterocycles. The van der Waals surface area contributed by atoms with Gasteiger partial charge in [0.05, 0.1) is 6.61 Å². The van der Waals surface area contributed by atoms with Gasteiger partial charge in [-0.3, -0.25) is 20.4 Å². The molecule has 5 nitrogen and oxygen atoms in total. The molecule has 0 saturated heterocycles. The van der Waals surface area contributed by atoms with Gasteiger partial charge in [-0.15, -0.1) is 0 Å². The number of ether oxygens (including phenoxy) is 1. The van der Waals surface area contributed by atoms with Crippen LogP contribution in [0, 0.1) is 0 Å². The summed E-state index contributed by atoms with van der Waals surface area (Å²) in [5, 5.41) is 0. The highest BCUT2D eigenvalue weighted by Gasteiger charge is 2.29. The van der Waals surface area contributed by atoms with E-state index in [0.717, 1.165) is 0 Å². The fraction of sp³-hybridized carbons (Fsp3) is 0.176. The number of carbonyl (C=O) groups is 2. The van der Waals surface area contributed by atoms with E-state index in [1.807, 2.05) is 6.92 Å². The Kier molecular flexibility index (Phi) is 6.51. The van der Waals surface area contributed by atoms with Gasteiger partial charge < -0.3 is 4.74 Å². The van der Waals surface area contributed by atoms with Crippen LogP contribution in [0.1, 0.15) is 27.6 Å². The summed E-state index contributed by atoms with van der Waals surface area (Å²) in [6.07, 6.45) is 0. The normalized spacial score (nSPS) is 10.9. The van der Waals surface area contributed by atoms with Gasteiger partial charge in [-0.05, 0) is 67.2 Å². The first-order valence-corrected chi connectivity index (χ1v) is 8.29. The minimum Gasteiger partial charge on any atom is -0.494 e. The quantitative estimate of drug-likeness (QED) is 0.608. The first kappa shape index (κ1) is 19.6. The lowest BCUT2D eigenvalue weighted by atomic mass is 10.2. The van der Waals surface area contributed by atoms with Crippen LogP contribution in [0.2, 0.25) is 0 Å². The molecule has 0 unspecified atom stereocenters. The van der Waals surface area contributed by atoms with Gasteiger partial charge in [0, 0.05) is 16.0 Å². The zero-order chi connectivity index (χ0) is 19.2. The minimum absolute atomic E-state index is 0.0347. The van der Waals surface area contributed by atoms with Crippen molar-refractivity contribution in [3.8, 4) is 5.75 Å². The molecule has 0 aliphatic carbocycles. The van der Waals surface area contributed by atoms with E-state index in [0.29, 0.717) is 17.9 Å². The molecule has 0 saturated carbocycles. The summed E-state index contributed by atoms with van der Waals surface area (Å²) in [5.41, 5.74) is 0.475. The van der Waals surface area contributed by atoms with Crippen molar-refractivity contribution in [3.63, 3.8) is 0 Å². The van der Waals surface area contributed by atoms with E-state index in [2.05, 4.69) is 10.9 Å². The summed E-state index contributed by atoms with van der Waals surface area (Å²) in [6, 6.07) is 11.2. The van der Waals surface area contributed by atoms with Gasteiger partial charge in [-0.2, -0.15) is 13.2 Å². The predicted octanol–water partition coefficient (Wildman–Crippen LogP) is 3.77. The maximum atomic E-state index is 12.3. The zero-order valence-corrected chi connectivity index (χ0v) is 14.4. The molecule has 2 amide bonds. The third-order valence-electron chi connectivity index (χ3n) is 3.07. The van der Waals surface area contributed by atoms with Gasteiger partial charge in [0.25, 0.3) is 11.8 Å². The number of hydrogen-bond acceptors (Lipinski definition) is 4. The van der Waals surface area contributed by atoms with E-state index in [1.165, 1.54) is 36.4 Å². The number of benzene rings is 2. The molecule has 138 valence electrons. The average Bonchev–Trinajstić information content (AvgIpc) is 2.59. The lowest BCUT2D eigenvalue weighted by molar-refractivity contribution is -0.0328. The Morgan fingerprint density at radius 3 is 1.81 bits per heavy atom. The molecule has 0 spiro atoms. The highest BCUT2D eigenvalue weighted by atomic mass is 32.2. The van der Waals surface area contributed by atoms with E-state index in [-0.39, 0.29) is 22.2 Å². The summed E-state index contributed by atoms with van der Waals surface area (Å²) in [5.74, 6) is -0.566. The second kappa shape index (κ2) is 8.61. The zero-order valence-electron chi connectivity index (χ0n) is 13.6. The Morgan fingerprint density at radius 1 is 0.923 bits per heavy atom. The second-order valence-corrected chi connectivity index (χ2v) is 6.08. The van der Waals surface area contributed by atoms with Gasteiger partial charge in [0.2, 0.25) is 0 Å². The minimum atomic E-state index is -4.39. The van der Waals surface area contributed by atoms with E-state index >= 15 is 0 Å². The lowest BCUT2D eigenvalue weighted by Crippen LogP contribution is -2.41. The molecule has 0 radical (unpaired) electrons. The number of carbonyl (C=O) groups excluding carboxylic acids is 2. The molecule has 2 aromatic carbocycles. The van der Waals surface area contributed by atoms with Gasteiger partial charge in [-0.25, -0.2) is 0 Å². The van der Waals surface area contributed by atoms with E-state index < -0.39 is 17.3 Å². The fourth-order valence-electron chi connectivity index (χ4n) is 1.94. The van der Waals surface area contributed by atoms with Gasteiger partial charge >= 0.3 is 5.51 Å². The highest BCUT2D eigenvalue weighted by molar-refractivity contribution is 8.00. The summed E-state index contributed by atoms with van der Waals surface area (Å²) in [6.45, 7) is 2.34. The van der Waals surface area contributed by atoms with Crippen molar-refractivity contribution >= 4 is 23.6 Å². The van der Waals surface area contributed by atoms with E-state index in [4.69, 9.17) is 4.74 Å². The predicted molar refractivity (Wildman–Crippen MR) is 90.9 cm³/mol. The van der Waals surface area contributed by atoms with Crippen LogP contribution < -0.4 is 15.6 Å². The highest BCUT2D eigenvalue weighted by Crippen LogP contribution is 2.36. The maximum Gasteiger partial charge on any atom is 0.446 e. The Morgan fingerprint density at radius 2 is 1.38 bits per heavy atom. The van der Waals surface area contributed by atoms with Crippen LogP contribution >= 0.6 is 11.8 Å². The molecule has 2 rings (SSSR count). The number of halogens is 3. The molecule has 0 bridgehead atoms. The second-order valence-electron chi connectivity index (χ2n) is 4.94. The summed E-state index contributed by atoms with van der Waals surface area (Å²) >= 11 is -0.270. The molecule has 26 heavy (non-hydrogen) atoms. The van der Waals surface area contributed by atoms with Crippen LogP contribution in [0.25, 0.3) is 0 Å². The van der Waals surface area contributed by atoms with Crippen LogP contribution in [0.4, 0.5) is 13.2 Å². The summed E-state index contributed by atoms with van der Waals surface area (Å²) < 4.78 is 42.1. The van der Waals surface area contributed by atoms with Crippen molar-refractivity contribution in [1.82, 2.24) is 10.9 Å². The largest absolute Gasteiger partial charge is 0.494 e. The standard InChI is InChI=1S/C17H15F3N2O3S/c1-2-25-13-7-3-11(4-8-13)15(23)21-22-16(24)12-5-9-14(10-6-12)26-17(18,19)20/h3-10H,2H2,1H3,(H,21,23)(H,22,24). The Hall–Kier alpha value is -2.68. The van der Waals surface area contributed by atoms with Crippen LogP contribution in [-0.4, -0.2) is 23.9 Å². The van der Waals surface area contributed by atoms with Crippen LogP contribution in [0.15, 0.2) is 53.4 Å². The van der Waals surface area contributed by atoms with Gasteiger partial charge in [0.15, 0.2) is 0 Å². The van der Waals surface area contributed by atoms with Gasteiger partial charge in [-0.1, -0.05) is 0 Å². The van der Waals surface area contributed by atoms with Crippen molar-refractivity contribution in [1.29, 1.82) is 0 Å². The molecule has 2 aromatic rings. The van der Waals surface area contributed by atoms with Crippen LogP contribution in [0.5, 0.6) is 5.75 Å². The number of thioether (sulfide) groups is 1. The van der Waals surface area contributed by atoms with Crippen molar-refractivity contribution in [2.45, 2.75) is 17.3 Å². The van der Waals surface area contributed by atoms with Gasteiger partial charge in [0.1, 0.15) is 5.75 Å². The third kappa shape index (κ3) is 5.99. The number of alkyl halides is 3. The topological polar surface area (TPSA) is 67.4 Å². The molecular formula is C17H15F3N2O3S. The molecule has 0 aliphatic heterocycles. The van der Waals surface area contributed by atoms with Crippen molar-refractivity contribution in [3.05, 3.63) is 59.7 Å².